The minimum absolute atomic E-state index is 0.243. The van der Waals surface area contributed by atoms with Crippen LogP contribution in [-0.4, -0.2) is 25.1 Å². The topological polar surface area (TPSA) is 60.5 Å². The Hall–Kier alpha value is -3.05. The SMILES string of the molecule is COc1ccc(-c2ccc(C(=O)Nc3ccc(Cl)cc3)cn2)c(OC)c1. The largest absolute Gasteiger partial charge is 0.497 e. The van der Waals surface area contributed by atoms with Gasteiger partial charge in [-0.15, -0.1) is 0 Å². The molecule has 0 saturated heterocycles. The highest BCUT2D eigenvalue weighted by Gasteiger charge is 2.11. The minimum atomic E-state index is -0.243. The fourth-order valence-corrected chi connectivity index (χ4v) is 2.56. The van der Waals surface area contributed by atoms with Crippen LogP contribution < -0.4 is 14.8 Å². The molecule has 0 atom stereocenters. The number of rotatable bonds is 5. The van der Waals surface area contributed by atoms with Crippen molar-refractivity contribution < 1.29 is 14.3 Å². The second-order valence-electron chi connectivity index (χ2n) is 5.46. The van der Waals surface area contributed by atoms with E-state index in [0.717, 1.165) is 5.56 Å². The zero-order chi connectivity index (χ0) is 18.5. The van der Waals surface area contributed by atoms with Gasteiger partial charge in [-0.05, 0) is 48.5 Å². The Morgan fingerprint density at radius 1 is 1.00 bits per heavy atom. The summed E-state index contributed by atoms with van der Waals surface area (Å²) in [5.74, 6) is 1.10. The molecule has 6 heteroatoms. The molecular formula is C20H17ClN2O3. The Bertz CT molecular complexity index is 909. The second-order valence-corrected chi connectivity index (χ2v) is 5.90. The second kappa shape index (κ2) is 7.89. The molecule has 0 radical (unpaired) electrons. The first-order valence-corrected chi connectivity index (χ1v) is 8.24. The number of carbonyl (C=O) groups excluding carboxylic acids is 1. The third-order valence-electron chi connectivity index (χ3n) is 3.81. The first-order valence-electron chi connectivity index (χ1n) is 7.86. The number of anilines is 1. The minimum Gasteiger partial charge on any atom is -0.497 e. The fraction of sp³-hybridized carbons (Fsp3) is 0.100. The van der Waals surface area contributed by atoms with Crippen LogP contribution in [0.1, 0.15) is 10.4 Å². The Balaban J connectivity index is 1.80. The number of hydrogen-bond acceptors (Lipinski definition) is 4. The van der Waals surface area contributed by atoms with Gasteiger partial charge >= 0.3 is 0 Å². The number of amides is 1. The maximum absolute atomic E-state index is 12.3. The lowest BCUT2D eigenvalue weighted by atomic mass is 10.1. The van der Waals surface area contributed by atoms with Crippen molar-refractivity contribution in [1.82, 2.24) is 4.98 Å². The van der Waals surface area contributed by atoms with E-state index in [0.29, 0.717) is 33.5 Å². The predicted octanol–water partition coefficient (Wildman–Crippen LogP) is 4.67. The van der Waals surface area contributed by atoms with E-state index in [1.54, 1.807) is 56.7 Å². The van der Waals surface area contributed by atoms with Gasteiger partial charge in [0.15, 0.2) is 0 Å². The lowest BCUT2D eigenvalue weighted by Crippen LogP contribution is -2.12. The van der Waals surface area contributed by atoms with E-state index in [2.05, 4.69) is 10.3 Å². The van der Waals surface area contributed by atoms with Crippen molar-refractivity contribution in [3.8, 4) is 22.8 Å². The van der Waals surface area contributed by atoms with E-state index in [4.69, 9.17) is 21.1 Å². The number of carbonyl (C=O) groups is 1. The molecule has 132 valence electrons. The van der Waals surface area contributed by atoms with Gasteiger partial charge in [-0.1, -0.05) is 11.6 Å². The van der Waals surface area contributed by atoms with Crippen molar-refractivity contribution >= 4 is 23.2 Å². The number of pyridine rings is 1. The predicted molar refractivity (Wildman–Crippen MR) is 102 cm³/mol. The van der Waals surface area contributed by atoms with Crippen LogP contribution in [-0.2, 0) is 0 Å². The molecule has 0 fully saturated rings. The molecule has 0 saturated carbocycles. The standard InChI is InChI=1S/C20H17ClN2O3/c1-25-16-8-9-17(19(11-16)26-2)18-10-3-13(12-22-18)20(24)23-15-6-4-14(21)5-7-15/h3-12H,1-2H3,(H,23,24). The molecule has 1 heterocycles. The number of ether oxygens (including phenoxy) is 2. The van der Waals surface area contributed by atoms with Crippen LogP contribution in [0, 0.1) is 0 Å². The van der Waals surface area contributed by atoms with E-state index in [9.17, 15) is 4.79 Å². The Morgan fingerprint density at radius 3 is 2.38 bits per heavy atom. The highest BCUT2D eigenvalue weighted by molar-refractivity contribution is 6.30. The highest BCUT2D eigenvalue weighted by Crippen LogP contribution is 2.32. The van der Waals surface area contributed by atoms with Crippen molar-refractivity contribution in [2.24, 2.45) is 0 Å². The molecule has 5 nitrogen and oxygen atoms in total. The molecule has 1 amide bonds. The average molecular weight is 369 g/mol. The molecule has 2 aromatic carbocycles. The Morgan fingerprint density at radius 2 is 1.77 bits per heavy atom. The van der Waals surface area contributed by atoms with Gasteiger partial charge in [-0.3, -0.25) is 9.78 Å². The summed E-state index contributed by atoms with van der Waals surface area (Å²) in [6, 6.07) is 15.9. The molecule has 3 rings (SSSR count). The van der Waals surface area contributed by atoms with Crippen LogP contribution in [0.15, 0.2) is 60.8 Å². The zero-order valence-corrected chi connectivity index (χ0v) is 15.1. The Kier molecular flexibility index (Phi) is 5.39. The van der Waals surface area contributed by atoms with E-state index < -0.39 is 0 Å². The molecule has 26 heavy (non-hydrogen) atoms. The first-order chi connectivity index (χ1) is 12.6. The van der Waals surface area contributed by atoms with Gasteiger partial charge in [0.1, 0.15) is 11.5 Å². The summed E-state index contributed by atoms with van der Waals surface area (Å²) in [6.07, 6.45) is 1.53. The molecule has 3 aromatic rings. The number of methoxy groups -OCH3 is 2. The van der Waals surface area contributed by atoms with Gasteiger partial charge in [-0.2, -0.15) is 0 Å². The third kappa shape index (κ3) is 3.95. The summed E-state index contributed by atoms with van der Waals surface area (Å²) in [6.45, 7) is 0. The summed E-state index contributed by atoms with van der Waals surface area (Å²) in [4.78, 5) is 16.7. The normalized spacial score (nSPS) is 10.3. The maximum atomic E-state index is 12.3. The van der Waals surface area contributed by atoms with Crippen LogP contribution in [0.5, 0.6) is 11.5 Å². The monoisotopic (exact) mass is 368 g/mol. The van der Waals surface area contributed by atoms with Crippen molar-refractivity contribution in [2.45, 2.75) is 0 Å². The van der Waals surface area contributed by atoms with Crippen LogP contribution in [0.2, 0.25) is 5.02 Å². The number of nitrogens with zero attached hydrogens (tertiary/aromatic N) is 1. The Labute approximate surface area is 156 Å². The molecule has 1 N–H and O–H groups in total. The smallest absolute Gasteiger partial charge is 0.257 e. The van der Waals surface area contributed by atoms with Crippen molar-refractivity contribution in [3.63, 3.8) is 0 Å². The number of nitrogens with one attached hydrogen (secondary N) is 1. The van der Waals surface area contributed by atoms with E-state index in [-0.39, 0.29) is 5.91 Å². The molecule has 0 unspecified atom stereocenters. The van der Waals surface area contributed by atoms with Gasteiger partial charge in [0.2, 0.25) is 0 Å². The van der Waals surface area contributed by atoms with Crippen LogP contribution in [0.4, 0.5) is 5.69 Å². The lowest BCUT2D eigenvalue weighted by molar-refractivity contribution is 0.102. The van der Waals surface area contributed by atoms with Crippen molar-refractivity contribution in [2.75, 3.05) is 19.5 Å². The third-order valence-corrected chi connectivity index (χ3v) is 4.06. The van der Waals surface area contributed by atoms with E-state index in [1.165, 1.54) is 6.20 Å². The van der Waals surface area contributed by atoms with Crippen molar-refractivity contribution in [1.29, 1.82) is 0 Å². The molecule has 0 spiro atoms. The van der Waals surface area contributed by atoms with E-state index in [1.807, 2.05) is 12.1 Å². The van der Waals surface area contributed by atoms with Gasteiger partial charge in [0.05, 0.1) is 25.5 Å². The number of benzene rings is 2. The zero-order valence-electron chi connectivity index (χ0n) is 14.3. The number of aromatic nitrogens is 1. The molecule has 0 aliphatic rings. The maximum Gasteiger partial charge on any atom is 0.257 e. The molecule has 0 bridgehead atoms. The highest BCUT2D eigenvalue weighted by atomic mass is 35.5. The summed E-state index contributed by atoms with van der Waals surface area (Å²) in [7, 11) is 3.19. The summed E-state index contributed by atoms with van der Waals surface area (Å²) >= 11 is 5.84. The summed E-state index contributed by atoms with van der Waals surface area (Å²) < 4.78 is 10.6. The molecule has 0 aliphatic heterocycles. The van der Waals surface area contributed by atoms with Gasteiger partial charge < -0.3 is 14.8 Å². The van der Waals surface area contributed by atoms with Crippen LogP contribution in [0.25, 0.3) is 11.3 Å². The summed E-state index contributed by atoms with van der Waals surface area (Å²) in [5.41, 5.74) is 2.64. The fourth-order valence-electron chi connectivity index (χ4n) is 2.43. The van der Waals surface area contributed by atoms with Gasteiger partial charge in [0, 0.05) is 28.5 Å². The molecular weight excluding hydrogens is 352 g/mol. The number of halogens is 1. The van der Waals surface area contributed by atoms with E-state index >= 15 is 0 Å². The van der Waals surface area contributed by atoms with Gasteiger partial charge in [-0.25, -0.2) is 0 Å². The summed E-state index contributed by atoms with van der Waals surface area (Å²) in [5, 5.41) is 3.42. The van der Waals surface area contributed by atoms with Crippen LogP contribution >= 0.6 is 11.6 Å². The van der Waals surface area contributed by atoms with Crippen molar-refractivity contribution in [3.05, 3.63) is 71.4 Å². The quantitative estimate of drug-likeness (QED) is 0.710. The average Bonchev–Trinajstić information content (AvgIpc) is 2.69. The van der Waals surface area contributed by atoms with Crippen LogP contribution in [0.3, 0.4) is 0 Å². The van der Waals surface area contributed by atoms with Gasteiger partial charge in [0.25, 0.3) is 5.91 Å². The molecule has 1 aromatic heterocycles. The first kappa shape index (κ1) is 17.8. The molecule has 0 aliphatic carbocycles. The number of hydrogen-bond donors (Lipinski definition) is 1. The lowest BCUT2D eigenvalue weighted by Gasteiger charge is -2.10.